The zero-order chi connectivity index (χ0) is 19.2. The van der Waals surface area contributed by atoms with Gasteiger partial charge < -0.3 is 19.7 Å². The fourth-order valence-electron chi connectivity index (χ4n) is 2.93. The van der Waals surface area contributed by atoms with Crippen LogP contribution in [-0.4, -0.2) is 44.3 Å². The number of hydrogen-bond donors (Lipinski definition) is 1. The Morgan fingerprint density at radius 1 is 0.962 bits per heavy atom. The molecule has 0 unspecified atom stereocenters. The van der Waals surface area contributed by atoms with Crippen LogP contribution in [0.1, 0.15) is 65.4 Å². The van der Waals surface area contributed by atoms with E-state index in [0.29, 0.717) is 0 Å². The molecule has 0 saturated heterocycles. The Hall–Kier alpha value is -1.26. The van der Waals surface area contributed by atoms with Gasteiger partial charge >= 0.3 is 0 Å². The summed E-state index contributed by atoms with van der Waals surface area (Å²) in [6.45, 7) is 14.2. The van der Waals surface area contributed by atoms with E-state index in [-0.39, 0.29) is 6.10 Å². The summed E-state index contributed by atoms with van der Waals surface area (Å²) in [4.78, 5) is 2.62. The van der Waals surface area contributed by atoms with Crippen molar-refractivity contribution in [2.75, 3.05) is 33.3 Å². The van der Waals surface area contributed by atoms with Crippen molar-refractivity contribution in [3.8, 4) is 11.5 Å². The summed E-state index contributed by atoms with van der Waals surface area (Å²) in [6, 6.07) is 6.19. The predicted octanol–water partition coefficient (Wildman–Crippen LogP) is 4.86. The number of rotatable bonds is 15. The lowest BCUT2D eigenvalue weighted by molar-refractivity contribution is 0.230. The van der Waals surface area contributed by atoms with Gasteiger partial charge in [-0.2, -0.15) is 0 Å². The normalized spacial score (nSPS) is 11.3. The molecule has 4 heteroatoms. The van der Waals surface area contributed by atoms with Gasteiger partial charge in [0, 0.05) is 6.54 Å². The summed E-state index contributed by atoms with van der Waals surface area (Å²) in [6.07, 6.45) is 6.51. The summed E-state index contributed by atoms with van der Waals surface area (Å²) in [5, 5.41) is 3.56. The van der Waals surface area contributed by atoms with Gasteiger partial charge in [-0.1, -0.05) is 32.8 Å². The van der Waals surface area contributed by atoms with Crippen molar-refractivity contribution in [3.63, 3.8) is 0 Å². The molecule has 0 amide bonds. The molecule has 0 spiro atoms. The van der Waals surface area contributed by atoms with Crippen LogP contribution in [-0.2, 0) is 6.54 Å². The number of benzene rings is 1. The van der Waals surface area contributed by atoms with Crippen LogP contribution in [0.25, 0.3) is 0 Å². The molecular formula is C22H40N2O2. The Bertz CT molecular complexity index is 469. The smallest absolute Gasteiger partial charge is 0.161 e. The minimum atomic E-state index is 0.149. The zero-order valence-electron chi connectivity index (χ0n) is 17.6. The minimum Gasteiger partial charge on any atom is -0.493 e. The van der Waals surface area contributed by atoms with E-state index in [1.165, 1.54) is 57.3 Å². The van der Waals surface area contributed by atoms with Gasteiger partial charge in [0.1, 0.15) is 0 Å². The number of methoxy groups -OCH3 is 1. The molecule has 1 aromatic carbocycles. The predicted molar refractivity (Wildman–Crippen MR) is 111 cm³/mol. The SMILES string of the molecule is CCCCN(CCCC)CCCNCc1ccc(OC(C)C)c(OC)c1. The van der Waals surface area contributed by atoms with E-state index in [1.54, 1.807) is 7.11 Å². The first-order valence-corrected chi connectivity index (χ1v) is 10.4. The molecule has 1 N–H and O–H groups in total. The third-order valence-electron chi connectivity index (χ3n) is 4.40. The number of nitrogens with one attached hydrogen (secondary N) is 1. The fourth-order valence-corrected chi connectivity index (χ4v) is 2.93. The number of ether oxygens (including phenoxy) is 2. The Labute approximate surface area is 161 Å². The van der Waals surface area contributed by atoms with Gasteiger partial charge in [-0.3, -0.25) is 0 Å². The van der Waals surface area contributed by atoms with Crippen LogP contribution in [0.3, 0.4) is 0 Å². The number of unbranched alkanes of at least 4 members (excludes halogenated alkanes) is 2. The maximum absolute atomic E-state index is 5.77. The average molecular weight is 365 g/mol. The van der Waals surface area contributed by atoms with Crippen molar-refractivity contribution >= 4 is 0 Å². The topological polar surface area (TPSA) is 33.7 Å². The molecule has 150 valence electrons. The van der Waals surface area contributed by atoms with Crippen molar-refractivity contribution < 1.29 is 9.47 Å². The van der Waals surface area contributed by atoms with E-state index in [2.05, 4.69) is 36.2 Å². The second-order valence-corrected chi connectivity index (χ2v) is 7.23. The van der Waals surface area contributed by atoms with Crippen LogP contribution >= 0.6 is 0 Å². The van der Waals surface area contributed by atoms with Crippen LogP contribution in [0.2, 0.25) is 0 Å². The zero-order valence-corrected chi connectivity index (χ0v) is 17.6. The third kappa shape index (κ3) is 9.44. The van der Waals surface area contributed by atoms with Crippen LogP contribution in [0.15, 0.2) is 18.2 Å². The second-order valence-electron chi connectivity index (χ2n) is 7.23. The highest BCUT2D eigenvalue weighted by Gasteiger charge is 2.08. The van der Waals surface area contributed by atoms with E-state index in [4.69, 9.17) is 9.47 Å². The quantitative estimate of drug-likeness (QED) is 0.450. The molecule has 0 aliphatic rings. The standard InChI is InChI=1S/C22H40N2O2/c1-6-8-14-24(15-9-7-2)16-10-13-23-18-20-11-12-21(26-19(3)4)22(17-20)25-5/h11-12,17,19,23H,6-10,13-16,18H2,1-5H3. The molecule has 4 nitrogen and oxygen atoms in total. The molecule has 26 heavy (non-hydrogen) atoms. The summed E-state index contributed by atoms with van der Waals surface area (Å²) in [5.74, 6) is 1.62. The van der Waals surface area contributed by atoms with Crippen molar-refractivity contribution in [3.05, 3.63) is 23.8 Å². The van der Waals surface area contributed by atoms with E-state index < -0.39 is 0 Å². The molecule has 0 heterocycles. The largest absolute Gasteiger partial charge is 0.493 e. The van der Waals surface area contributed by atoms with Gasteiger partial charge in [0.2, 0.25) is 0 Å². The van der Waals surface area contributed by atoms with Crippen molar-refractivity contribution in [2.45, 2.75) is 72.4 Å². The van der Waals surface area contributed by atoms with Gasteiger partial charge in [-0.25, -0.2) is 0 Å². The van der Waals surface area contributed by atoms with Gasteiger partial charge in [0.25, 0.3) is 0 Å². The second kappa shape index (κ2) is 13.9. The Balaban J connectivity index is 2.35. The lowest BCUT2D eigenvalue weighted by Gasteiger charge is -2.22. The Kier molecular flexibility index (Phi) is 12.2. The Morgan fingerprint density at radius 2 is 1.62 bits per heavy atom. The average Bonchev–Trinajstić information content (AvgIpc) is 2.63. The maximum atomic E-state index is 5.77. The Morgan fingerprint density at radius 3 is 2.19 bits per heavy atom. The third-order valence-corrected chi connectivity index (χ3v) is 4.40. The highest BCUT2D eigenvalue weighted by atomic mass is 16.5. The molecule has 0 aliphatic carbocycles. The van der Waals surface area contributed by atoms with Crippen LogP contribution in [0.5, 0.6) is 11.5 Å². The first kappa shape index (κ1) is 22.8. The van der Waals surface area contributed by atoms with E-state index >= 15 is 0 Å². The molecule has 0 aromatic heterocycles. The van der Waals surface area contributed by atoms with E-state index in [9.17, 15) is 0 Å². The van der Waals surface area contributed by atoms with Crippen LogP contribution < -0.4 is 14.8 Å². The lowest BCUT2D eigenvalue weighted by Crippen LogP contribution is -2.29. The van der Waals surface area contributed by atoms with Crippen LogP contribution in [0.4, 0.5) is 0 Å². The minimum absolute atomic E-state index is 0.149. The van der Waals surface area contributed by atoms with Gasteiger partial charge in [0.15, 0.2) is 11.5 Å². The lowest BCUT2D eigenvalue weighted by atomic mass is 10.2. The first-order valence-electron chi connectivity index (χ1n) is 10.4. The van der Waals surface area contributed by atoms with Crippen molar-refractivity contribution in [1.82, 2.24) is 10.2 Å². The molecule has 0 fully saturated rings. The molecule has 0 radical (unpaired) electrons. The summed E-state index contributed by atoms with van der Waals surface area (Å²) < 4.78 is 11.2. The molecule has 0 saturated carbocycles. The van der Waals surface area contributed by atoms with Gasteiger partial charge in [0.05, 0.1) is 13.2 Å². The molecule has 1 rings (SSSR count). The summed E-state index contributed by atoms with van der Waals surface area (Å²) in [5.41, 5.74) is 1.23. The molecule has 0 atom stereocenters. The van der Waals surface area contributed by atoms with Crippen molar-refractivity contribution in [1.29, 1.82) is 0 Å². The summed E-state index contributed by atoms with van der Waals surface area (Å²) in [7, 11) is 1.70. The number of nitrogens with zero attached hydrogens (tertiary/aromatic N) is 1. The van der Waals surface area contributed by atoms with E-state index in [0.717, 1.165) is 24.6 Å². The van der Waals surface area contributed by atoms with Gasteiger partial charge in [-0.05, 0) is 77.0 Å². The molecular weight excluding hydrogens is 324 g/mol. The molecule has 0 bridgehead atoms. The number of hydrogen-bond acceptors (Lipinski definition) is 4. The monoisotopic (exact) mass is 364 g/mol. The molecule has 0 aliphatic heterocycles. The van der Waals surface area contributed by atoms with E-state index in [1.807, 2.05) is 19.9 Å². The fraction of sp³-hybridized carbons (Fsp3) is 0.727. The first-order chi connectivity index (χ1) is 12.6. The molecule has 1 aromatic rings. The van der Waals surface area contributed by atoms with Crippen molar-refractivity contribution in [2.24, 2.45) is 0 Å². The maximum Gasteiger partial charge on any atom is 0.161 e. The summed E-state index contributed by atoms with van der Waals surface area (Å²) >= 11 is 0. The highest BCUT2D eigenvalue weighted by molar-refractivity contribution is 5.43. The highest BCUT2D eigenvalue weighted by Crippen LogP contribution is 2.28. The van der Waals surface area contributed by atoms with Gasteiger partial charge in [-0.15, -0.1) is 0 Å². The van der Waals surface area contributed by atoms with Crippen LogP contribution in [0, 0.1) is 0 Å².